The summed E-state index contributed by atoms with van der Waals surface area (Å²) in [5, 5.41) is 8.79. The van der Waals surface area contributed by atoms with Crippen LogP contribution in [0.5, 0.6) is 0 Å². The number of ether oxygens (including phenoxy) is 2. The lowest BCUT2D eigenvalue weighted by atomic mass is 9.92. The van der Waals surface area contributed by atoms with Crippen molar-refractivity contribution in [3.05, 3.63) is 32.8 Å². The Bertz CT molecular complexity index is 998. The zero-order valence-corrected chi connectivity index (χ0v) is 17.8. The van der Waals surface area contributed by atoms with Gasteiger partial charge in [-0.05, 0) is 33.8 Å². The zero-order valence-electron chi connectivity index (χ0n) is 17.0. The predicted molar refractivity (Wildman–Crippen MR) is 106 cm³/mol. The minimum absolute atomic E-state index is 0.214. The van der Waals surface area contributed by atoms with Crippen molar-refractivity contribution in [2.75, 3.05) is 20.2 Å². The van der Waals surface area contributed by atoms with Crippen molar-refractivity contribution in [1.82, 2.24) is 19.7 Å². The number of aryl methyl sites for hydroxylation is 2. The van der Waals surface area contributed by atoms with Crippen molar-refractivity contribution >= 4 is 28.6 Å². The first-order chi connectivity index (χ1) is 13.0. The van der Waals surface area contributed by atoms with Gasteiger partial charge in [-0.1, -0.05) is 11.6 Å². The smallest absolute Gasteiger partial charge is 0.410 e. The van der Waals surface area contributed by atoms with Crippen LogP contribution >= 0.6 is 11.6 Å². The van der Waals surface area contributed by atoms with Crippen LogP contribution in [0.1, 0.15) is 38.4 Å². The number of halogens is 1. The van der Waals surface area contributed by atoms with E-state index >= 15 is 0 Å². The van der Waals surface area contributed by atoms with Crippen molar-refractivity contribution in [3.63, 3.8) is 0 Å². The third-order valence-electron chi connectivity index (χ3n) is 5.03. The first kappa shape index (κ1) is 20.5. The molecule has 9 heteroatoms. The van der Waals surface area contributed by atoms with Crippen LogP contribution in [-0.2, 0) is 22.1 Å². The van der Waals surface area contributed by atoms with E-state index in [-0.39, 0.29) is 17.3 Å². The number of hydrogen-bond acceptors (Lipinski definition) is 6. The fourth-order valence-corrected chi connectivity index (χ4v) is 3.82. The standard InChI is InChI=1S/C19H25ClN4O4/c1-11-14-12(15(20)22-21-11)9-13(16(25)23(14)5)19(27-6)7-8-24(10-19)17(26)28-18(2,3)4/h9H,7-8,10H2,1-6H3. The fourth-order valence-electron chi connectivity index (χ4n) is 3.64. The largest absolute Gasteiger partial charge is 0.444 e. The van der Waals surface area contributed by atoms with Gasteiger partial charge in [-0.2, -0.15) is 5.10 Å². The number of nitrogens with zero attached hydrogens (tertiary/aromatic N) is 4. The van der Waals surface area contributed by atoms with E-state index in [1.165, 1.54) is 4.57 Å². The van der Waals surface area contributed by atoms with Gasteiger partial charge in [0.05, 0.1) is 23.3 Å². The third-order valence-corrected chi connectivity index (χ3v) is 5.31. The SMILES string of the molecule is COC1(c2cc3c(Cl)nnc(C)c3n(C)c2=O)CCN(C(=O)OC(C)(C)C)C1. The summed E-state index contributed by atoms with van der Waals surface area (Å²) in [6.45, 7) is 7.86. The molecule has 0 aliphatic carbocycles. The van der Waals surface area contributed by atoms with Crippen LogP contribution in [0.3, 0.4) is 0 Å². The van der Waals surface area contributed by atoms with Crippen molar-refractivity contribution in [3.8, 4) is 0 Å². The van der Waals surface area contributed by atoms with Gasteiger partial charge in [0.25, 0.3) is 5.56 Å². The Morgan fingerprint density at radius 3 is 2.61 bits per heavy atom. The van der Waals surface area contributed by atoms with E-state index in [1.807, 2.05) is 20.8 Å². The lowest BCUT2D eigenvalue weighted by Gasteiger charge is -2.29. The number of rotatable bonds is 2. The monoisotopic (exact) mass is 408 g/mol. The van der Waals surface area contributed by atoms with Gasteiger partial charge in [0.2, 0.25) is 0 Å². The van der Waals surface area contributed by atoms with Gasteiger partial charge in [-0.3, -0.25) is 4.79 Å². The van der Waals surface area contributed by atoms with Crippen LogP contribution < -0.4 is 5.56 Å². The number of amides is 1. The molecule has 0 bridgehead atoms. The molecule has 0 N–H and O–H groups in total. The number of fused-ring (bicyclic) bond motifs is 1. The van der Waals surface area contributed by atoms with E-state index < -0.39 is 17.3 Å². The second kappa shape index (κ2) is 7.00. The third kappa shape index (κ3) is 3.46. The van der Waals surface area contributed by atoms with E-state index in [2.05, 4.69) is 10.2 Å². The van der Waals surface area contributed by atoms with E-state index in [9.17, 15) is 9.59 Å². The van der Waals surface area contributed by atoms with E-state index in [4.69, 9.17) is 21.1 Å². The molecule has 2 aromatic rings. The molecule has 8 nitrogen and oxygen atoms in total. The fraction of sp³-hybridized carbons (Fsp3) is 0.579. The maximum atomic E-state index is 13.2. The number of methoxy groups -OCH3 is 1. The molecule has 2 aromatic heterocycles. The Morgan fingerprint density at radius 2 is 2.00 bits per heavy atom. The summed E-state index contributed by atoms with van der Waals surface area (Å²) in [4.78, 5) is 27.2. The number of pyridine rings is 1. The number of hydrogen-bond donors (Lipinski definition) is 0. The van der Waals surface area contributed by atoms with Crippen molar-refractivity contribution in [2.45, 2.75) is 45.3 Å². The van der Waals surface area contributed by atoms with Crippen LogP contribution in [-0.4, -0.2) is 51.6 Å². The van der Waals surface area contributed by atoms with Crippen LogP contribution in [0.15, 0.2) is 10.9 Å². The summed E-state index contributed by atoms with van der Waals surface area (Å²) in [5.41, 5.74) is -0.0858. The number of aromatic nitrogens is 3. The Morgan fingerprint density at radius 1 is 1.32 bits per heavy atom. The summed E-state index contributed by atoms with van der Waals surface area (Å²) in [7, 11) is 3.21. The van der Waals surface area contributed by atoms with E-state index in [0.717, 1.165) is 0 Å². The van der Waals surface area contributed by atoms with Gasteiger partial charge in [0.1, 0.15) is 11.2 Å². The lowest BCUT2D eigenvalue weighted by molar-refractivity contribution is -0.0140. The van der Waals surface area contributed by atoms with Crippen LogP contribution in [0.25, 0.3) is 10.9 Å². The molecule has 1 saturated heterocycles. The molecule has 3 rings (SSSR count). The molecule has 0 spiro atoms. The highest BCUT2D eigenvalue weighted by molar-refractivity contribution is 6.34. The Kier molecular flexibility index (Phi) is 5.14. The molecule has 1 fully saturated rings. The highest BCUT2D eigenvalue weighted by Gasteiger charge is 2.45. The Hall–Kier alpha value is -2.19. The lowest BCUT2D eigenvalue weighted by Crippen LogP contribution is -2.42. The molecular formula is C19H25ClN4O4. The maximum absolute atomic E-state index is 13.2. The minimum atomic E-state index is -0.944. The average Bonchev–Trinajstić information content (AvgIpc) is 3.05. The van der Waals surface area contributed by atoms with Gasteiger partial charge in [0, 0.05) is 32.5 Å². The molecule has 152 valence electrons. The average molecular weight is 409 g/mol. The predicted octanol–water partition coefficient (Wildman–Crippen LogP) is 2.77. The van der Waals surface area contributed by atoms with Gasteiger partial charge in [0.15, 0.2) is 5.15 Å². The summed E-state index contributed by atoms with van der Waals surface area (Å²) in [6, 6.07) is 1.71. The summed E-state index contributed by atoms with van der Waals surface area (Å²) >= 11 is 6.26. The van der Waals surface area contributed by atoms with Crippen molar-refractivity contribution in [2.24, 2.45) is 7.05 Å². The molecule has 1 atom stereocenters. The van der Waals surface area contributed by atoms with E-state index in [1.54, 1.807) is 32.0 Å². The zero-order chi connectivity index (χ0) is 20.9. The van der Waals surface area contributed by atoms with Crippen LogP contribution in [0, 0.1) is 6.92 Å². The van der Waals surface area contributed by atoms with Gasteiger partial charge in [-0.25, -0.2) is 4.79 Å². The van der Waals surface area contributed by atoms with Crippen LogP contribution in [0.2, 0.25) is 5.15 Å². The molecule has 1 aliphatic rings. The molecule has 0 radical (unpaired) electrons. The molecular weight excluding hydrogens is 384 g/mol. The Balaban J connectivity index is 2.08. The first-order valence-electron chi connectivity index (χ1n) is 9.05. The molecule has 1 aliphatic heterocycles. The molecule has 0 saturated carbocycles. The first-order valence-corrected chi connectivity index (χ1v) is 9.43. The number of carbonyl (C=O) groups excluding carboxylic acids is 1. The summed E-state index contributed by atoms with van der Waals surface area (Å²) in [5.74, 6) is 0. The van der Waals surface area contributed by atoms with Crippen LogP contribution in [0.4, 0.5) is 4.79 Å². The summed E-state index contributed by atoms with van der Waals surface area (Å²) < 4.78 is 12.8. The topological polar surface area (TPSA) is 86.6 Å². The highest BCUT2D eigenvalue weighted by atomic mass is 35.5. The second-order valence-electron chi connectivity index (χ2n) is 8.11. The second-order valence-corrected chi connectivity index (χ2v) is 8.47. The van der Waals surface area contributed by atoms with Crippen molar-refractivity contribution in [1.29, 1.82) is 0 Å². The molecule has 1 unspecified atom stereocenters. The van der Waals surface area contributed by atoms with E-state index in [0.29, 0.717) is 35.1 Å². The molecule has 3 heterocycles. The van der Waals surface area contributed by atoms with Gasteiger partial charge >= 0.3 is 6.09 Å². The van der Waals surface area contributed by atoms with Crippen molar-refractivity contribution < 1.29 is 14.3 Å². The van der Waals surface area contributed by atoms with Gasteiger partial charge in [-0.15, -0.1) is 5.10 Å². The normalized spacial score (nSPS) is 20.0. The maximum Gasteiger partial charge on any atom is 0.410 e. The molecule has 28 heavy (non-hydrogen) atoms. The Labute approximate surface area is 168 Å². The number of carbonyl (C=O) groups is 1. The molecule has 0 aromatic carbocycles. The number of likely N-dealkylation sites (tertiary alicyclic amines) is 1. The summed E-state index contributed by atoms with van der Waals surface area (Å²) in [6.07, 6.45) is 0.0438. The minimum Gasteiger partial charge on any atom is -0.444 e. The highest BCUT2D eigenvalue weighted by Crippen LogP contribution is 2.36. The van der Waals surface area contributed by atoms with Gasteiger partial charge < -0.3 is 18.9 Å². The molecule has 1 amide bonds. The quantitative estimate of drug-likeness (QED) is 0.759.